The van der Waals surface area contributed by atoms with Crippen molar-refractivity contribution in [1.82, 2.24) is 4.98 Å². The summed E-state index contributed by atoms with van der Waals surface area (Å²) in [5, 5.41) is 7.64. The van der Waals surface area contributed by atoms with Crippen LogP contribution in [0.1, 0.15) is 11.1 Å². The number of aryl methyl sites for hydroxylation is 2. The molecular weight excluding hydrogens is 409 g/mol. The highest BCUT2D eigenvalue weighted by Gasteiger charge is 2.11. The van der Waals surface area contributed by atoms with Crippen LogP contribution in [0.15, 0.2) is 47.8 Å². The number of amides is 2. The van der Waals surface area contributed by atoms with Crippen LogP contribution in [0.5, 0.6) is 0 Å². The summed E-state index contributed by atoms with van der Waals surface area (Å²) in [5.41, 5.74) is 4.35. The zero-order valence-corrected chi connectivity index (χ0v) is 17.6. The van der Waals surface area contributed by atoms with E-state index >= 15 is 0 Å². The molecule has 2 amide bonds. The van der Waals surface area contributed by atoms with E-state index in [4.69, 9.17) is 0 Å². The van der Waals surface area contributed by atoms with Crippen LogP contribution in [0.2, 0.25) is 0 Å². The van der Waals surface area contributed by atoms with Gasteiger partial charge in [0.1, 0.15) is 5.82 Å². The molecule has 2 N–H and O–H groups in total. The van der Waals surface area contributed by atoms with Crippen molar-refractivity contribution in [2.24, 2.45) is 0 Å². The number of anilines is 2. The number of halogens is 1. The average Bonchev–Trinajstić information content (AvgIpc) is 3.14. The van der Waals surface area contributed by atoms with Gasteiger partial charge in [-0.2, -0.15) is 0 Å². The Kier molecular flexibility index (Phi) is 7.00. The Morgan fingerprint density at radius 2 is 1.76 bits per heavy atom. The molecule has 5 nitrogen and oxygen atoms in total. The number of hydrogen-bond acceptors (Lipinski definition) is 5. The summed E-state index contributed by atoms with van der Waals surface area (Å²) in [6.07, 6.45) is 0. The molecule has 8 heteroatoms. The van der Waals surface area contributed by atoms with Crippen LogP contribution in [-0.2, 0) is 9.59 Å². The maximum atomic E-state index is 13.5. The van der Waals surface area contributed by atoms with Gasteiger partial charge in [-0.1, -0.05) is 24.3 Å². The zero-order chi connectivity index (χ0) is 20.8. The van der Waals surface area contributed by atoms with Crippen LogP contribution in [0, 0.1) is 19.7 Å². The third-order valence-electron chi connectivity index (χ3n) is 4.17. The lowest BCUT2D eigenvalue weighted by molar-refractivity contribution is -0.114. The topological polar surface area (TPSA) is 71.1 Å². The Balaban J connectivity index is 1.46. The fraction of sp³-hybridized carbons (Fsp3) is 0.190. The van der Waals surface area contributed by atoms with Crippen LogP contribution >= 0.6 is 23.1 Å². The monoisotopic (exact) mass is 429 g/mol. The Morgan fingerprint density at radius 3 is 2.48 bits per heavy atom. The first-order valence-electron chi connectivity index (χ1n) is 8.87. The molecular formula is C21H20FN3O2S2. The molecule has 0 fully saturated rings. The fourth-order valence-electron chi connectivity index (χ4n) is 2.51. The predicted octanol–water partition coefficient (Wildman–Crippen LogP) is 4.88. The van der Waals surface area contributed by atoms with E-state index in [-0.39, 0.29) is 29.0 Å². The molecule has 3 aromatic rings. The number of benzene rings is 2. The van der Waals surface area contributed by atoms with Crippen LogP contribution in [0.4, 0.5) is 15.2 Å². The quantitative estimate of drug-likeness (QED) is 0.562. The molecule has 0 atom stereocenters. The summed E-state index contributed by atoms with van der Waals surface area (Å²) in [4.78, 5) is 28.4. The third-order valence-corrected chi connectivity index (χ3v) is 5.86. The summed E-state index contributed by atoms with van der Waals surface area (Å²) in [7, 11) is 0. The molecule has 1 aromatic heterocycles. The minimum atomic E-state index is -0.494. The van der Waals surface area contributed by atoms with Gasteiger partial charge in [-0.25, -0.2) is 9.37 Å². The molecule has 0 aliphatic carbocycles. The van der Waals surface area contributed by atoms with Gasteiger partial charge in [-0.3, -0.25) is 9.59 Å². The number of rotatable bonds is 7. The number of nitrogens with zero attached hydrogens (tertiary/aromatic N) is 1. The summed E-state index contributed by atoms with van der Waals surface area (Å²) in [5.74, 6) is -0.947. The summed E-state index contributed by atoms with van der Waals surface area (Å²) in [6, 6.07) is 12.1. The number of para-hydroxylation sites is 1. The summed E-state index contributed by atoms with van der Waals surface area (Å²) >= 11 is 2.50. The Labute approximate surface area is 176 Å². The van der Waals surface area contributed by atoms with E-state index in [1.165, 1.54) is 34.6 Å². The number of hydrogen-bond donors (Lipinski definition) is 2. The van der Waals surface area contributed by atoms with E-state index in [2.05, 4.69) is 28.6 Å². The molecule has 0 saturated carbocycles. The van der Waals surface area contributed by atoms with Gasteiger partial charge in [0, 0.05) is 10.9 Å². The predicted molar refractivity (Wildman–Crippen MR) is 118 cm³/mol. The highest BCUT2D eigenvalue weighted by Crippen LogP contribution is 2.26. The van der Waals surface area contributed by atoms with Gasteiger partial charge >= 0.3 is 0 Å². The lowest BCUT2D eigenvalue weighted by Crippen LogP contribution is -2.18. The SMILES string of the molecule is Cc1ccc(-c2csc(NC(=O)CSCC(=O)Nc3ccccc3F)n2)cc1C. The van der Waals surface area contributed by atoms with Crippen LogP contribution < -0.4 is 10.6 Å². The number of nitrogens with one attached hydrogen (secondary N) is 2. The third kappa shape index (κ3) is 5.88. The largest absolute Gasteiger partial charge is 0.323 e. The van der Waals surface area contributed by atoms with Gasteiger partial charge in [-0.15, -0.1) is 23.1 Å². The maximum absolute atomic E-state index is 13.5. The Hall–Kier alpha value is -2.71. The summed E-state index contributed by atoms with van der Waals surface area (Å²) < 4.78 is 13.5. The van der Waals surface area contributed by atoms with E-state index in [1.54, 1.807) is 12.1 Å². The van der Waals surface area contributed by atoms with Crippen molar-refractivity contribution in [3.05, 3.63) is 64.8 Å². The van der Waals surface area contributed by atoms with Crippen molar-refractivity contribution in [2.75, 3.05) is 22.1 Å². The molecule has 0 radical (unpaired) electrons. The van der Waals surface area contributed by atoms with Crippen LogP contribution in [0.25, 0.3) is 11.3 Å². The lowest BCUT2D eigenvalue weighted by atomic mass is 10.1. The number of aromatic nitrogens is 1. The number of thiazole rings is 1. The first-order chi connectivity index (χ1) is 13.9. The van der Waals surface area contributed by atoms with E-state index in [0.717, 1.165) is 23.0 Å². The van der Waals surface area contributed by atoms with Gasteiger partial charge in [0.2, 0.25) is 11.8 Å². The highest BCUT2D eigenvalue weighted by molar-refractivity contribution is 8.00. The Morgan fingerprint density at radius 1 is 1.03 bits per heavy atom. The lowest BCUT2D eigenvalue weighted by Gasteiger charge is -2.06. The minimum absolute atomic E-state index is 0.0491. The second-order valence-electron chi connectivity index (χ2n) is 6.41. The van der Waals surface area contributed by atoms with E-state index in [9.17, 15) is 14.0 Å². The molecule has 0 spiro atoms. The number of thioether (sulfide) groups is 1. The van der Waals surface area contributed by atoms with Gasteiger partial charge in [-0.05, 0) is 43.2 Å². The zero-order valence-electron chi connectivity index (χ0n) is 16.0. The Bertz CT molecular complexity index is 1040. The van der Waals surface area contributed by atoms with Crippen molar-refractivity contribution >= 4 is 45.7 Å². The second-order valence-corrected chi connectivity index (χ2v) is 8.25. The molecule has 3 rings (SSSR count). The molecule has 150 valence electrons. The van der Waals surface area contributed by atoms with Crippen molar-refractivity contribution in [2.45, 2.75) is 13.8 Å². The van der Waals surface area contributed by atoms with Crippen LogP contribution in [-0.4, -0.2) is 28.3 Å². The van der Waals surface area contributed by atoms with Crippen molar-refractivity contribution < 1.29 is 14.0 Å². The van der Waals surface area contributed by atoms with Gasteiger partial charge < -0.3 is 10.6 Å². The number of carbonyl (C=O) groups excluding carboxylic acids is 2. The van der Waals surface area contributed by atoms with Crippen molar-refractivity contribution in [1.29, 1.82) is 0 Å². The van der Waals surface area contributed by atoms with E-state index in [0.29, 0.717) is 5.13 Å². The molecule has 2 aromatic carbocycles. The molecule has 0 bridgehead atoms. The van der Waals surface area contributed by atoms with Crippen molar-refractivity contribution in [3.63, 3.8) is 0 Å². The van der Waals surface area contributed by atoms with Crippen LogP contribution in [0.3, 0.4) is 0 Å². The average molecular weight is 430 g/mol. The normalized spacial score (nSPS) is 10.6. The molecule has 0 unspecified atom stereocenters. The standard InChI is InChI=1S/C21H20FN3O2S2/c1-13-7-8-15(9-14(13)2)18-10-29-21(24-18)25-20(27)12-28-11-19(26)23-17-6-4-3-5-16(17)22/h3-10H,11-12H2,1-2H3,(H,23,26)(H,24,25,27). The minimum Gasteiger partial charge on any atom is -0.323 e. The van der Waals surface area contributed by atoms with E-state index < -0.39 is 5.82 Å². The molecule has 1 heterocycles. The first-order valence-corrected chi connectivity index (χ1v) is 10.9. The van der Waals surface area contributed by atoms with Crippen molar-refractivity contribution in [3.8, 4) is 11.3 Å². The van der Waals surface area contributed by atoms with Gasteiger partial charge in [0.15, 0.2) is 5.13 Å². The van der Waals surface area contributed by atoms with E-state index in [1.807, 2.05) is 24.4 Å². The molecule has 0 saturated heterocycles. The second kappa shape index (κ2) is 9.67. The smallest absolute Gasteiger partial charge is 0.236 e. The number of carbonyl (C=O) groups is 2. The molecule has 0 aliphatic heterocycles. The maximum Gasteiger partial charge on any atom is 0.236 e. The molecule has 0 aliphatic rings. The molecule has 29 heavy (non-hydrogen) atoms. The van der Waals surface area contributed by atoms with Gasteiger partial charge in [0.25, 0.3) is 0 Å². The first kappa shape index (κ1) is 21.0. The van der Waals surface area contributed by atoms with Gasteiger partial charge in [0.05, 0.1) is 22.9 Å². The fourth-order valence-corrected chi connectivity index (χ4v) is 3.86. The highest BCUT2D eigenvalue weighted by atomic mass is 32.2. The summed E-state index contributed by atoms with van der Waals surface area (Å²) in [6.45, 7) is 4.10.